The first kappa shape index (κ1) is 11.0. The Morgan fingerprint density at radius 2 is 1.93 bits per heavy atom. The lowest BCUT2D eigenvalue weighted by molar-refractivity contribution is 0.663. The quantitative estimate of drug-likeness (QED) is 0.595. The van der Waals surface area contributed by atoms with Gasteiger partial charge in [-0.2, -0.15) is 0 Å². The summed E-state index contributed by atoms with van der Waals surface area (Å²) in [5.74, 6) is 0.612. The molecule has 0 bridgehead atoms. The van der Waals surface area contributed by atoms with Crippen LogP contribution in [0.2, 0.25) is 0 Å². The van der Waals surface area contributed by atoms with Crippen LogP contribution in [-0.2, 0) is 0 Å². The van der Waals surface area contributed by atoms with Crippen LogP contribution in [0, 0.1) is 0 Å². The smallest absolute Gasteiger partial charge is 0.00178 e. The summed E-state index contributed by atoms with van der Waals surface area (Å²) in [5, 5.41) is 0. The summed E-state index contributed by atoms with van der Waals surface area (Å²) < 4.78 is 0. The largest absolute Gasteiger partial charge is 0.0910 e. The zero-order chi connectivity index (χ0) is 10.2. The van der Waals surface area contributed by atoms with E-state index in [2.05, 4.69) is 56.3 Å². The third kappa shape index (κ3) is 3.37. The Kier molecular flexibility index (Phi) is 5.06. The Morgan fingerprint density at radius 1 is 1.21 bits per heavy atom. The monoisotopic (exact) mass is 188 g/mol. The molecule has 1 unspecified atom stereocenters. The van der Waals surface area contributed by atoms with E-state index in [-0.39, 0.29) is 0 Å². The van der Waals surface area contributed by atoms with E-state index in [4.69, 9.17) is 0 Å². The van der Waals surface area contributed by atoms with E-state index in [1.54, 1.807) is 0 Å². The molecule has 0 aliphatic carbocycles. The van der Waals surface area contributed by atoms with E-state index in [1.165, 1.54) is 24.8 Å². The SMILES string of the molecule is CC=CC(CCCC)c1ccccc1. The maximum absolute atomic E-state index is 2.31. The Bertz CT molecular complexity index is 259. The molecule has 0 aliphatic rings. The predicted molar refractivity (Wildman–Crippen MR) is 63.5 cm³/mol. The van der Waals surface area contributed by atoms with Crippen LogP contribution < -0.4 is 0 Å². The minimum absolute atomic E-state index is 0.612. The highest BCUT2D eigenvalue weighted by Gasteiger charge is 2.05. The number of hydrogen-bond donors (Lipinski definition) is 0. The topological polar surface area (TPSA) is 0 Å². The molecule has 0 N–H and O–H groups in total. The van der Waals surface area contributed by atoms with Gasteiger partial charge >= 0.3 is 0 Å². The maximum atomic E-state index is 2.31. The molecule has 0 aromatic heterocycles. The van der Waals surface area contributed by atoms with Crippen molar-refractivity contribution in [2.75, 3.05) is 0 Å². The summed E-state index contributed by atoms with van der Waals surface area (Å²) in [6.07, 6.45) is 8.33. The van der Waals surface area contributed by atoms with Gasteiger partial charge < -0.3 is 0 Å². The summed E-state index contributed by atoms with van der Waals surface area (Å²) in [4.78, 5) is 0. The zero-order valence-electron chi connectivity index (χ0n) is 9.24. The van der Waals surface area contributed by atoms with Gasteiger partial charge in [0.1, 0.15) is 0 Å². The van der Waals surface area contributed by atoms with Gasteiger partial charge in [-0.25, -0.2) is 0 Å². The Balaban J connectivity index is 2.67. The second-order valence-corrected chi connectivity index (χ2v) is 3.69. The molecule has 0 nitrogen and oxygen atoms in total. The molecule has 0 saturated carbocycles. The first-order chi connectivity index (χ1) is 6.88. The van der Waals surface area contributed by atoms with E-state index >= 15 is 0 Å². The van der Waals surface area contributed by atoms with Crippen molar-refractivity contribution in [3.8, 4) is 0 Å². The molecule has 1 aromatic carbocycles. The normalized spacial score (nSPS) is 13.3. The summed E-state index contributed by atoms with van der Waals surface area (Å²) in [7, 11) is 0. The van der Waals surface area contributed by atoms with Crippen molar-refractivity contribution in [2.45, 2.75) is 39.0 Å². The number of unbranched alkanes of at least 4 members (excludes halogenated alkanes) is 1. The number of rotatable bonds is 5. The van der Waals surface area contributed by atoms with E-state index in [1.807, 2.05) is 0 Å². The van der Waals surface area contributed by atoms with Crippen molar-refractivity contribution in [1.82, 2.24) is 0 Å². The third-order valence-electron chi connectivity index (χ3n) is 2.52. The van der Waals surface area contributed by atoms with Gasteiger partial charge in [-0.05, 0) is 18.9 Å². The van der Waals surface area contributed by atoms with Crippen LogP contribution in [0.1, 0.15) is 44.6 Å². The highest BCUT2D eigenvalue weighted by atomic mass is 14.1. The van der Waals surface area contributed by atoms with Crippen LogP contribution in [0.15, 0.2) is 42.5 Å². The molecule has 1 aromatic rings. The minimum Gasteiger partial charge on any atom is -0.0910 e. The second kappa shape index (κ2) is 6.42. The van der Waals surface area contributed by atoms with Crippen molar-refractivity contribution in [2.24, 2.45) is 0 Å². The van der Waals surface area contributed by atoms with Crippen molar-refractivity contribution < 1.29 is 0 Å². The van der Waals surface area contributed by atoms with Gasteiger partial charge in [0.2, 0.25) is 0 Å². The molecule has 0 saturated heterocycles. The fourth-order valence-electron chi connectivity index (χ4n) is 1.73. The molecule has 0 heterocycles. The van der Waals surface area contributed by atoms with Crippen LogP contribution in [0.5, 0.6) is 0 Å². The molecule has 0 radical (unpaired) electrons. The van der Waals surface area contributed by atoms with Gasteiger partial charge in [-0.3, -0.25) is 0 Å². The summed E-state index contributed by atoms with van der Waals surface area (Å²) in [6, 6.07) is 10.8. The summed E-state index contributed by atoms with van der Waals surface area (Å²) in [6.45, 7) is 4.35. The number of hydrogen-bond acceptors (Lipinski definition) is 0. The van der Waals surface area contributed by atoms with Crippen LogP contribution in [0.3, 0.4) is 0 Å². The second-order valence-electron chi connectivity index (χ2n) is 3.69. The van der Waals surface area contributed by atoms with E-state index in [9.17, 15) is 0 Å². The lowest BCUT2D eigenvalue weighted by atomic mass is 9.93. The van der Waals surface area contributed by atoms with Crippen LogP contribution in [-0.4, -0.2) is 0 Å². The molecule has 76 valence electrons. The molecule has 1 rings (SSSR count). The fraction of sp³-hybridized carbons (Fsp3) is 0.429. The van der Waals surface area contributed by atoms with Crippen molar-refractivity contribution in [3.63, 3.8) is 0 Å². The molecular formula is C14H20. The minimum atomic E-state index is 0.612. The van der Waals surface area contributed by atoms with Gasteiger partial charge in [-0.1, -0.05) is 62.2 Å². The first-order valence-electron chi connectivity index (χ1n) is 5.56. The zero-order valence-corrected chi connectivity index (χ0v) is 9.24. The Morgan fingerprint density at radius 3 is 2.50 bits per heavy atom. The predicted octanol–water partition coefficient (Wildman–Crippen LogP) is 4.54. The lowest BCUT2D eigenvalue weighted by Gasteiger charge is -2.12. The molecule has 0 fully saturated rings. The Hall–Kier alpha value is -1.04. The molecular weight excluding hydrogens is 168 g/mol. The van der Waals surface area contributed by atoms with E-state index in [0.717, 1.165) is 0 Å². The highest BCUT2D eigenvalue weighted by molar-refractivity contribution is 5.23. The van der Waals surface area contributed by atoms with E-state index in [0.29, 0.717) is 5.92 Å². The van der Waals surface area contributed by atoms with Crippen molar-refractivity contribution in [1.29, 1.82) is 0 Å². The van der Waals surface area contributed by atoms with Crippen molar-refractivity contribution >= 4 is 0 Å². The molecule has 0 heteroatoms. The van der Waals surface area contributed by atoms with Gasteiger partial charge in [0.15, 0.2) is 0 Å². The molecule has 0 aliphatic heterocycles. The molecule has 0 spiro atoms. The Labute approximate surface area is 87.7 Å². The summed E-state index contributed by atoms with van der Waals surface area (Å²) >= 11 is 0. The van der Waals surface area contributed by atoms with Crippen molar-refractivity contribution in [3.05, 3.63) is 48.0 Å². The van der Waals surface area contributed by atoms with E-state index < -0.39 is 0 Å². The number of allylic oxidation sites excluding steroid dienone is 2. The van der Waals surface area contributed by atoms with Gasteiger partial charge in [-0.15, -0.1) is 0 Å². The highest BCUT2D eigenvalue weighted by Crippen LogP contribution is 2.23. The van der Waals surface area contributed by atoms with Gasteiger partial charge in [0.25, 0.3) is 0 Å². The molecule has 14 heavy (non-hydrogen) atoms. The number of benzene rings is 1. The molecule has 1 atom stereocenters. The lowest BCUT2D eigenvalue weighted by Crippen LogP contribution is -1.94. The van der Waals surface area contributed by atoms with Crippen LogP contribution >= 0.6 is 0 Å². The summed E-state index contributed by atoms with van der Waals surface area (Å²) in [5.41, 5.74) is 1.44. The van der Waals surface area contributed by atoms with Crippen LogP contribution in [0.25, 0.3) is 0 Å². The van der Waals surface area contributed by atoms with Gasteiger partial charge in [0, 0.05) is 5.92 Å². The fourth-order valence-corrected chi connectivity index (χ4v) is 1.73. The standard InChI is InChI=1S/C14H20/c1-3-5-10-13(9-4-2)14-11-7-6-8-12-14/h4,6-9,11-13H,3,5,10H2,1-2H3. The average molecular weight is 188 g/mol. The first-order valence-corrected chi connectivity index (χ1v) is 5.56. The maximum Gasteiger partial charge on any atom is 0.00178 e. The van der Waals surface area contributed by atoms with Crippen LogP contribution in [0.4, 0.5) is 0 Å². The average Bonchev–Trinajstić information content (AvgIpc) is 2.25. The third-order valence-corrected chi connectivity index (χ3v) is 2.52. The molecule has 0 amide bonds. The van der Waals surface area contributed by atoms with Gasteiger partial charge in [0.05, 0.1) is 0 Å².